The Morgan fingerprint density at radius 2 is 1.80 bits per heavy atom. The zero-order chi connectivity index (χ0) is 14.4. The third-order valence-electron chi connectivity index (χ3n) is 3.15. The van der Waals surface area contributed by atoms with Gasteiger partial charge in [0.1, 0.15) is 0 Å². The van der Waals surface area contributed by atoms with Crippen molar-refractivity contribution >= 4 is 22.5 Å². The minimum atomic E-state index is -1.08. The Morgan fingerprint density at radius 1 is 1.05 bits per heavy atom. The molecule has 0 unspecified atom stereocenters. The van der Waals surface area contributed by atoms with Gasteiger partial charge in [0.05, 0.1) is 11.1 Å². The Balaban J connectivity index is 2.40. The predicted octanol–water partition coefficient (Wildman–Crippen LogP) is 3.25. The molecule has 0 aliphatic carbocycles. The molecule has 2 aromatic carbocycles. The molecular formula is C14H11F2N3O. The first-order chi connectivity index (χ1) is 9.49. The van der Waals surface area contributed by atoms with Crippen LogP contribution in [0.15, 0.2) is 28.8 Å². The molecule has 0 spiro atoms. The van der Waals surface area contributed by atoms with E-state index in [1.807, 2.05) is 6.92 Å². The number of aromatic nitrogens is 1. The maximum Gasteiger partial charge on any atom is 0.182 e. The summed E-state index contributed by atoms with van der Waals surface area (Å²) < 4.78 is 32.8. The van der Waals surface area contributed by atoms with Crippen LogP contribution in [0, 0.1) is 18.6 Å². The van der Waals surface area contributed by atoms with Crippen LogP contribution in [0.25, 0.3) is 22.1 Å². The number of hydrogen-bond donors (Lipinski definition) is 2. The van der Waals surface area contributed by atoms with E-state index in [-0.39, 0.29) is 17.1 Å². The lowest BCUT2D eigenvalue weighted by molar-refractivity contribution is 0.460. The van der Waals surface area contributed by atoms with Crippen LogP contribution in [-0.4, -0.2) is 5.16 Å². The quantitative estimate of drug-likeness (QED) is 0.668. The van der Waals surface area contributed by atoms with E-state index >= 15 is 0 Å². The van der Waals surface area contributed by atoms with Crippen LogP contribution >= 0.6 is 0 Å². The Morgan fingerprint density at radius 3 is 2.55 bits per heavy atom. The van der Waals surface area contributed by atoms with Gasteiger partial charge in [0.25, 0.3) is 0 Å². The Kier molecular flexibility index (Phi) is 2.60. The van der Waals surface area contributed by atoms with E-state index in [2.05, 4.69) is 5.16 Å². The predicted molar refractivity (Wildman–Crippen MR) is 72.9 cm³/mol. The fraction of sp³-hybridized carbons (Fsp3) is 0.0714. The largest absolute Gasteiger partial charge is 0.396 e. The van der Waals surface area contributed by atoms with Crippen molar-refractivity contribution < 1.29 is 13.3 Å². The van der Waals surface area contributed by atoms with E-state index in [1.165, 1.54) is 12.1 Å². The lowest BCUT2D eigenvalue weighted by Crippen LogP contribution is -1.97. The molecule has 0 saturated carbocycles. The fourth-order valence-electron chi connectivity index (χ4n) is 2.22. The van der Waals surface area contributed by atoms with Crippen LogP contribution in [0.4, 0.5) is 20.3 Å². The molecule has 102 valence electrons. The minimum Gasteiger partial charge on any atom is -0.396 e. The third kappa shape index (κ3) is 1.69. The fourth-order valence-corrected chi connectivity index (χ4v) is 2.22. The number of nitrogens with zero attached hydrogens (tertiary/aromatic N) is 1. The maximum absolute atomic E-state index is 14.1. The monoisotopic (exact) mass is 275 g/mol. The summed E-state index contributed by atoms with van der Waals surface area (Å²) in [7, 11) is 0. The molecule has 0 aliphatic heterocycles. The number of nitrogens with two attached hydrogens (primary N) is 2. The van der Waals surface area contributed by atoms with Crippen molar-refractivity contribution in [2.75, 3.05) is 11.5 Å². The Hall–Kier alpha value is -2.63. The Bertz CT molecular complexity index is 827. The van der Waals surface area contributed by atoms with Gasteiger partial charge in [0.15, 0.2) is 23.0 Å². The molecule has 0 fully saturated rings. The summed E-state index contributed by atoms with van der Waals surface area (Å²) in [6.45, 7) is 1.81. The highest BCUT2D eigenvalue weighted by Crippen LogP contribution is 2.36. The summed E-state index contributed by atoms with van der Waals surface area (Å²) in [6.07, 6.45) is 0. The molecule has 0 amide bonds. The number of rotatable bonds is 1. The molecule has 1 aromatic heterocycles. The highest BCUT2D eigenvalue weighted by atomic mass is 19.2. The second-order valence-electron chi connectivity index (χ2n) is 4.58. The molecule has 6 heteroatoms. The van der Waals surface area contributed by atoms with E-state index in [9.17, 15) is 8.78 Å². The first-order valence-corrected chi connectivity index (χ1v) is 5.88. The molecule has 3 aromatic rings. The molecule has 1 heterocycles. The van der Waals surface area contributed by atoms with Crippen LogP contribution in [0.1, 0.15) is 5.56 Å². The van der Waals surface area contributed by atoms with E-state index in [0.29, 0.717) is 16.5 Å². The van der Waals surface area contributed by atoms with E-state index < -0.39 is 11.6 Å². The number of anilines is 2. The molecule has 4 N–H and O–H groups in total. The summed E-state index contributed by atoms with van der Waals surface area (Å²) in [4.78, 5) is 0. The van der Waals surface area contributed by atoms with Crippen molar-refractivity contribution in [1.29, 1.82) is 0 Å². The van der Waals surface area contributed by atoms with Crippen molar-refractivity contribution in [2.24, 2.45) is 0 Å². The topological polar surface area (TPSA) is 78.1 Å². The van der Waals surface area contributed by atoms with Crippen molar-refractivity contribution in [1.82, 2.24) is 5.16 Å². The lowest BCUT2D eigenvalue weighted by atomic mass is 9.98. The van der Waals surface area contributed by atoms with Gasteiger partial charge in [0.2, 0.25) is 0 Å². The molecule has 0 saturated heterocycles. The van der Waals surface area contributed by atoms with Crippen LogP contribution < -0.4 is 11.5 Å². The summed E-state index contributed by atoms with van der Waals surface area (Å²) >= 11 is 0. The van der Waals surface area contributed by atoms with Gasteiger partial charge in [-0.25, -0.2) is 8.78 Å². The number of fused-ring (bicyclic) bond motifs is 1. The first kappa shape index (κ1) is 12.4. The van der Waals surface area contributed by atoms with Gasteiger partial charge >= 0.3 is 0 Å². The van der Waals surface area contributed by atoms with Crippen LogP contribution in [0.2, 0.25) is 0 Å². The van der Waals surface area contributed by atoms with Gasteiger partial charge in [-0.3, -0.25) is 0 Å². The first-order valence-electron chi connectivity index (χ1n) is 5.88. The summed E-state index contributed by atoms with van der Waals surface area (Å²) in [5, 5.41) is 4.11. The van der Waals surface area contributed by atoms with Crippen LogP contribution in [0.3, 0.4) is 0 Å². The van der Waals surface area contributed by atoms with Gasteiger partial charge in [-0.2, -0.15) is 0 Å². The van der Waals surface area contributed by atoms with Crippen molar-refractivity contribution in [3.8, 4) is 11.1 Å². The molecule has 0 atom stereocenters. The van der Waals surface area contributed by atoms with Crippen LogP contribution in [0.5, 0.6) is 0 Å². The molecule has 3 rings (SSSR count). The second kappa shape index (κ2) is 4.19. The van der Waals surface area contributed by atoms with E-state index in [4.69, 9.17) is 16.0 Å². The number of aryl methyl sites for hydroxylation is 1. The SMILES string of the molecule is Cc1cc(-c2ccc(N)c(F)c2F)c2c(N)noc2c1. The maximum atomic E-state index is 14.1. The normalized spacial score (nSPS) is 11.2. The van der Waals surface area contributed by atoms with Crippen LogP contribution in [-0.2, 0) is 0 Å². The Labute approximate surface area is 113 Å². The molecule has 0 aliphatic rings. The summed E-state index contributed by atoms with van der Waals surface area (Å²) in [5.41, 5.74) is 12.6. The lowest BCUT2D eigenvalue weighted by Gasteiger charge is -2.08. The van der Waals surface area contributed by atoms with Gasteiger partial charge < -0.3 is 16.0 Å². The van der Waals surface area contributed by atoms with Gasteiger partial charge in [-0.15, -0.1) is 0 Å². The van der Waals surface area contributed by atoms with Gasteiger partial charge in [-0.05, 0) is 36.2 Å². The van der Waals surface area contributed by atoms with Crippen molar-refractivity contribution in [2.45, 2.75) is 6.92 Å². The number of nitrogen functional groups attached to an aromatic ring is 2. The van der Waals surface area contributed by atoms with Gasteiger partial charge in [0, 0.05) is 5.56 Å². The minimum absolute atomic E-state index is 0.0697. The molecule has 20 heavy (non-hydrogen) atoms. The summed E-state index contributed by atoms with van der Waals surface area (Å²) in [6, 6.07) is 6.15. The zero-order valence-corrected chi connectivity index (χ0v) is 10.6. The van der Waals surface area contributed by atoms with Crippen molar-refractivity contribution in [3.63, 3.8) is 0 Å². The highest BCUT2D eigenvalue weighted by molar-refractivity contribution is 6.01. The molecule has 0 bridgehead atoms. The van der Waals surface area contributed by atoms with Crippen molar-refractivity contribution in [3.05, 3.63) is 41.5 Å². The molecular weight excluding hydrogens is 264 g/mol. The average Bonchev–Trinajstić information content (AvgIpc) is 2.77. The van der Waals surface area contributed by atoms with E-state index in [1.54, 1.807) is 12.1 Å². The number of hydrogen-bond acceptors (Lipinski definition) is 4. The zero-order valence-electron chi connectivity index (χ0n) is 10.6. The molecule has 0 radical (unpaired) electrons. The second-order valence-corrected chi connectivity index (χ2v) is 4.58. The average molecular weight is 275 g/mol. The summed E-state index contributed by atoms with van der Waals surface area (Å²) in [5.74, 6) is -1.96. The third-order valence-corrected chi connectivity index (χ3v) is 3.15. The number of benzene rings is 2. The standard InChI is InChI=1S/C14H11F2N3O/c1-6-4-8(11-10(5-6)20-19-14(11)18)7-2-3-9(17)13(16)12(7)15/h2-5H,17H2,1H3,(H2,18,19). The highest BCUT2D eigenvalue weighted by Gasteiger charge is 2.18. The number of halogens is 2. The van der Waals surface area contributed by atoms with E-state index in [0.717, 1.165) is 5.56 Å². The van der Waals surface area contributed by atoms with Gasteiger partial charge in [-0.1, -0.05) is 11.2 Å². The molecule has 4 nitrogen and oxygen atoms in total. The smallest absolute Gasteiger partial charge is 0.182 e.